The van der Waals surface area contributed by atoms with Crippen LogP contribution < -0.4 is 10.6 Å². The van der Waals surface area contributed by atoms with Crippen LogP contribution in [0.1, 0.15) is 18.9 Å². The molecule has 0 aliphatic rings. The van der Waals surface area contributed by atoms with E-state index in [2.05, 4.69) is 21.7 Å². The largest absolute Gasteiger partial charge is 0.360 e. The number of fused-ring (bicyclic) bond motifs is 1. The lowest BCUT2D eigenvalue weighted by Crippen LogP contribution is -2.30. The highest BCUT2D eigenvalue weighted by atomic mass is 16.1. The molecule has 0 aliphatic heterocycles. The van der Waals surface area contributed by atoms with E-state index in [1.54, 1.807) is 6.07 Å². The summed E-state index contributed by atoms with van der Waals surface area (Å²) in [6.07, 6.45) is 0.892. The number of hydrogen-bond acceptors (Lipinski definition) is 4. The number of carbonyl (C=O) groups is 1. The first-order chi connectivity index (χ1) is 9.74. The van der Waals surface area contributed by atoms with Crippen molar-refractivity contribution in [3.63, 3.8) is 0 Å². The van der Waals surface area contributed by atoms with Crippen LogP contribution in [0.2, 0.25) is 0 Å². The zero-order valence-electron chi connectivity index (χ0n) is 11.3. The van der Waals surface area contributed by atoms with Crippen molar-refractivity contribution < 1.29 is 4.79 Å². The zero-order chi connectivity index (χ0) is 14.4. The van der Waals surface area contributed by atoms with Gasteiger partial charge >= 0.3 is 0 Å². The molecule has 20 heavy (non-hydrogen) atoms. The molecule has 0 saturated heterocycles. The normalized spacial score (nSPS) is 10.0. The maximum atomic E-state index is 11.6. The summed E-state index contributed by atoms with van der Waals surface area (Å²) in [4.78, 5) is 15.9. The first-order valence-corrected chi connectivity index (χ1v) is 6.55. The molecule has 0 aliphatic carbocycles. The lowest BCUT2D eigenvalue weighted by Gasteiger charge is -2.09. The zero-order valence-corrected chi connectivity index (χ0v) is 11.3. The van der Waals surface area contributed by atoms with Gasteiger partial charge in [-0.1, -0.05) is 25.1 Å². The van der Waals surface area contributed by atoms with Crippen LogP contribution in [-0.2, 0) is 4.79 Å². The molecule has 102 valence electrons. The van der Waals surface area contributed by atoms with Crippen molar-refractivity contribution in [1.29, 1.82) is 5.26 Å². The Balaban J connectivity index is 2.16. The highest BCUT2D eigenvalue weighted by Crippen LogP contribution is 2.19. The number of hydrogen-bond donors (Lipinski definition) is 2. The Kier molecular flexibility index (Phi) is 4.51. The van der Waals surface area contributed by atoms with Gasteiger partial charge < -0.3 is 10.6 Å². The van der Waals surface area contributed by atoms with E-state index in [0.29, 0.717) is 17.9 Å². The minimum atomic E-state index is -0.106. The molecule has 0 bridgehead atoms. The molecule has 0 spiro atoms. The second kappa shape index (κ2) is 6.53. The standard InChI is InChI=1S/C15H16N4O/c1-2-7-17-14(20)10-18-15-12(9-16)8-11-5-3-4-6-13(11)19-15/h3-6,8H,2,7,10H2,1H3,(H,17,20)(H,18,19). The van der Waals surface area contributed by atoms with Crippen molar-refractivity contribution >= 4 is 22.6 Å². The van der Waals surface area contributed by atoms with E-state index in [0.717, 1.165) is 17.3 Å². The van der Waals surface area contributed by atoms with E-state index >= 15 is 0 Å². The lowest BCUT2D eigenvalue weighted by molar-refractivity contribution is -0.119. The first kappa shape index (κ1) is 13.8. The molecule has 2 N–H and O–H groups in total. The fourth-order valence-electron chi connectivity index (χ4n) is 1.83. The second-order valence-corrected chi connectivity index (χ2v) is 4.39. The van der Waals surface area contributed by atoms with Crippen molar-refractivity contribution in [2.45, 2.75) is 13.3 Å². The molecule has 0 unspecified atom stereocenters. The maximum absolute atomic E-state index is 11.6. The SMILES string of the molecule is CCCNC(=O)CNc1nc2ccccc2cc1C#N. The average Bonchev–Trinajstić information content (AvgIpc) is 2.49. The summed E-state index contributed by atoms with van der Waals surface area (Å²) < 4.78 is 0. The molecule has 0 saturated carbocycles. The van der Waals surface area contributed by atoms with E-state index in [-0.39, 0.29) is 12.5 Å². The Bertz CT molecular complexity index is 660. The van der Waals surface area contributed by atoms with Gasteiger partial charge in [0.2, 0.25) is 5.91 Å². The highest BCUT2D eigenvalue weighted by molar-refractivity contribution is 5.85. The molecule has 2 rings (SSSR count). The Morgan fingerprint density at radius 3 is 2.95 bits per heavy atom. The van der Waals surface area contributed by atoms with E-state index in [1.807, 2.05) is 31.2 Å². The molecule has 1 aromatic carbocycles. The Morgan fingerprint density at radius 1 is 1.40 bits per heavy atom. The minimum absolute atomic E-state index is 0.106. The number of aromatic nitrogens is 1. The summed E-state index contributed by atoms with van der Waals surface area (Å²) >= 11 is 0. The number of amides is 1. The van der Waals surface area contributed by atoms with Crippen LogP contribution in [0.4, 0.5) is 5.82 Å². The number of pyridine rings is 1. The van der Waals surface area contributed by atoms with Crippen LogP contribution in [0.3, 0.4) is 0 Å². The number of nitriles is 1. The molecule has 5 heteroatoms. The molecule has 0 radical (unpaired) electrons. The third-order valence-electron chi connectivity index (χ3n) is 2.83. The quantitative estimate of drug-likeness (QED) is 0.870. The molecule has 1 amide bonds. The van der Waals surface area contributed by atoms with Gasteiger partial charge in [0.25, 0.3) is 0 Å². The van der Waals surface area contributed by atoms with Gasteiger partial charge in [-0.05, 0) is 18.6 Å². The maximum Gasteiger partial charge on any atom is 0.239 e. The van der Waals surface area contributed by atoms with Crippen LogP contribution in [-0.4, -0.2) is 24.0 Å². The van der Waals surface area contributed by atoms with Gasteiger partial charge in [-0.15, -0.1) is 0 Å². The smallest absolute Gasteiger partial charge is 0.239 e. The van der Waals surface area contributed by atoms with Crippen LogP contribution >= 0.6 is 0 Å². The van der Waals surface area contributed by atoms with Gasteiger partial charge in [0.05, 0.1) is 17.6 Å². The first-order valence-electron chi connectivity index (χ1n) is 6.55. The number of nitrogens with one attached hydrogen (secondary N) is 2. The fraction of sp³-hybridized carbons (Fsp3) is 0.267. The molecular formula is C15H16N4O. The highest BCUT2D eigenvalue weighted by Gasteiger charge is 2.07. The third-order valence-corrected chi connectivity index (χ3v) is 2.83. The van der Waals surface area contributed by atoms with E-state index in [1.165, 1.54) is 0 Å². The number of anilines is 1. The minimum Gasteiger partial charge on any atom is -0.360 e. The summed E-state index contributed by atoms with van der Waals surface area (Å²) in [5.41, 5.74) is 1.23. The van der Waals surface area contributed by atoms with E-state index in [4.69, 9.17) is 5.26 Å². The van der Waals surface area contributed by atoms with Gasteiger partial charge in [-0.25, -0.2) is 4.98 Å². The number of nitrogens with zero attached hydrogens (tertiary/aromatic N) is 2. The summed E-state index contributed by atoms with van der Waals surface area (Å²) in [7, 11) is 0. The van der Waals surface area contributed by atoms with Gasteiger partial charge in [0, 0.05) is 11.9 Å². The van der Waals surface area contributed by atoms with Crippen LogP contribution in [0.15, 0.2) is 30.3 Å². The van der Waals surface area contributed by atoms with Crippen LogP contribution in [0.5, 0.6) is 0 Å². The molecular weight excluding hydrogens is 252 g/mol. The topological polar surface area (TPSA) is 77.8 Å². The van der Waals surface area contributed by atoms with Crippen LogP contribution in [0, 0.1) is 11.3 Å². The third kappa shape index (κ3) is 3.23. The number of rotatable bonds is 5. The molecule has 1 heterocycles. The van der Waals surface area contributed by atoms with E-state index < -0.39 is 0 Å². The lowest BCUT2D eigenvalue weighted by atomic mass is 10.1. The number of para-hydroxylation sites is 1. The van der Waals surface area contributed by atoms with Crippen LogP contribution in [0.25, 0.3) is 10.9 Å². The summed E-state index contributed by atoms with van der Waals surface area (Å²) in [5, 5.41) is 15.7. The summed E-state index contributed by atoms with van der Waals surface area (Å²) in [5.74, 6) is 0.337. The average molecular weight is 268 g/mol. The summed E-state index contributed by atoms with van der Waals surface area (Å²) in [6.45, 7) is 2.75. The monoisotopic (exact) mass is 268 g/mol. The molecule has 1 aromatic heterocycles. The van der Waals surface area contributed by atoms with Crippen molar-refractivity contribution in [3.05, 3.63) is 35.9 Å². The Hall–Kier alpha value is -2.61. The second-order valence-electron chi connectivity index (χ2n) is 4.39. The fourth-order valence-corrected chi connectivity index (χ4v) is 1.83. The predicted molar refractivity (Wildman–Crippen MR) is 78.2 cm³/mol. The van der Waals surface area contributed by atoms with Crippen molar-refractivity contribution in [3.8, 4) is 6.07 Å². The van der Waals surface area contributed by atoms with Gasteiger partial charge in [-0.3, -0.25) is 4.79 Å². The number of carbonyl (C=O) groups excluding carboxylic acids is 1. The van der Waals surface area contributed by atoms with Crippen molar-refractivity contribution in [1.82, 2.24) is 10.3 Å². The van der Waals surface area contributed by atoms with Crippen molar-refractivity contribution in [2.24, 2.45) is 0 Å². The summed E-state index contributed by atoms with van der Waals surface area (Å²) in [6, 6.07) is 11.4. The molecule has 2 aromatic rings. The predicted octanol–water partition coefficient (Wildman–Crippen LogP) is 2.04. The van der Waals surface area contributed by atoms with Gasteiger partial charge in [-0.2, -0.15) is 5.26 Å². The number of benzene rings is 1. The Morgan fingerprint density at radius 2 is 2.20 bits per heavy atom. The van der Waals surface area contributed by atoms with Gasteiger partial charge in [0.1, 0.15) is 11.9 Å². The van der Waals surface area contributed by atoms with Gasteiger partial charge in [0.15, 0.2) is 0 Å². The molecule has 0 atom stereocenters. The van der Waals surface area contributed by atoms with E-state index in [9.17, 15) is 4.79 Å². The molecule has 5 nitrogen and oxygen atoms in total. The molecule has 0 fully saturated rings. The Labute approximate surface area is 117 Å². The van der Waals surface area contributed by atoms with Crippen molar-refractivity contribution in [2.75, 3.05) is 18.4 Å².